The van der Waals surface area contributed by atoms with Crippen molar-refractivity contribution in [3.05, 3.63) is 150 Å². The maximum absolute atomic E-state index is 2.52. The zero-order valence-corrected chi connectivity index (χ0v) is 27.1. The fourth-order valence-corrected chi connectivity index (χ4v) is 9.40. The van der Waals surface area contributed by atoms with Crippen LogP contribution in [0.1, 0.15) is 67.7 Å². The first kappa shape index (κ1) is 27.7. The van der Waals surface area contributed by atoms with E-state index in [1.807, 2.05) is 0 Å². The zero-order chi connectivity index (χ0) is 31.0. The number of hydrogen-bond donors (Lipinski definition) is 0. The monoisotopic (exact) mass is 595 g/mol. The Morgan fingerprint density at radius 2 is 1.41 bits per heavy atom. The molecule has 0 saturated heterocycles. The highest BCUT2D eigenvalue weighted by atomic mass is 15.1. The third kappa shape index (κ3) is 4.21. The average Bonchev–Trinajstić information content (AvgIpc) is 3.79. The summed E-state index contributed by atoms with van der Waals surface area (Å²) in [7, 11) is 0. The van der Waals surface area contributed by atoms with E-state index in [0.717, 1.165) is 17.8 Å². The van der Waals surface area contributed by atoms with Gasteiger partial charge in [0, 0.05) is 22.4 Å². The van der Waals surface area contributed by atoms with E-state index in [1.54, 1.807) is 0 Å². The quantitative estimate of drug-likeness (QED) is 0.192. The van der Waals surface area contributed by atoms with Crippen LogP contribution in [0.2, 0.25) is 0 Å². The lowest BCUT2D eigenvalue weighted by Gasteiger charge is -2.31. The summed E-state index contributed by atoms with van der Waals surface area (Å²) >= 11 is 0. The Balaban J connectivity index is 1.25. The molecule has 1 nitrogen and oxygen atoms in total. The van der Waals surface area contributed by atoms with Gasteiger partial charge in [0.1, 0.15) is 0 Å². The molecule has 0 N–H and O–H groups in total. The van der Waals surface area contributed by atoms with Crippen molar-refractivity contribution in [3.63, 3.8) is 0 Å². The predicted octanol–water partition coefficient (Wildman–Crippen LogP) is 12.5. The molecule has 226 valence electrons. The minimum atomic E-state index is -0.0738. The first-order valence-electron chi connectivity index (χ1n) is 17.2. The highest BCUT2D eigenvalue weighted by molar-refractivity contribution is 6.05. The van der Waals surface area contributed by atoms with Crippen molar-refractivity contribution in [3.8, 4) is 22.3 Å². The maximum atomic E-state index is 2.52. The van der Waals surface area contributed by atoms with Gasteiger partial charge < -0.3 is 4.90 Å². The molecule has 0 aliphatic heterocycles. The molecular formula is C45H41N. The molecule has 3 atom stereocenters. The average molecular weight is 596 g/mol. The van der Waals surface area contributed by atoms with E-state index in [2.05, 4.69) is 153 Å². The Hall–Kier alpha value is -4.62. The first-order valence-corrected chi connectivity index (χ1v) is 17.2. The number of nitrogens with zero attached hydrogens (tertiary/aromatic N) is 1. The highest BCUT2D eigenvalue weighted by Crippen LogP contribution is 2.54. The number of hydrogen-bond acceptors (Lipinski definition) is 1. The van der Waals surface area contributed by atoms with Gasteiger partial charge in [-0.1, -0.05) is 117 Å². The fraction of sp³-hybridized carbons (Fsp3) is 0.244. The van der Waals surface area contributed by atoms with Crippen LogP contribution in [0.3, 0.4) is 0 Å². The molecule has 1 heteroatoms. The fourth-order valence-electron chi connectivity index (χ4n) is 9.40. The van der Waals surface area contributed by atoms with E-state index in [0.29, 0.717) is 0 Å². The van der Waals surface area contributed by atoms with E-state index < -0.39 is 0 Å². The predicted molar refractivity (Wildman–Crippen MR) is 195 cm³/mol. The number of fused-ring (bicyclic) bond motifs is 6. The minimum absolute atomic E-state index is 0.0738. The summed E-state index contributed by atoms with van der Waals surface area (Å²) < 4.78 is 0. The molecule has 0 amide bonds. The summed E-state index contributed by atoms with van der Waals surface area (Å²) in [6.45, 7) is 7.03. The van der Waals surface area contributed by atoms with Gasteiger partial charge in [-0.3, -0.25) is 0 Å². The third-order valence-electron chi connectivity index (χ3n) is 11.7. The van der Waals surface area contributed by atoms with Crippen LogP contribution in [0.15, 0.2) is 127 Å². The smallest absolute Gasteiger partial charge is 0.0546 e. The maximum Gasteiger partial charge on any atom is 0.0546 e. The van der Waals surface area contributed by atoms with E-state index in [9.17, 15) is 0 Å². The van der Waals surface area contributed by atoms with Gasteiger partial charge >= 0.3 is 0 Å². The van der Waals surface area contributed by atoms with Crippen molar-refractivity contribution in [1.29, 1.82) is 0 Å². The number of rotatable bonds is 5. The van der Waals surface area contributed by atoms with Gasteiger partial charge in [0.2, 0.25) is 0 Å². The summed E-state index contributed by atoms with van der Waals surface area (Å²) in [6, 6.07) is 48.1. The normalized spacial score (nSPS) is 20.5. The van der Waals surface area contributed by atoms with Crippen molar-refractivity contribution in [2.24, 2.45) is 11.8 Å². The molecule has 0 radical (unpaired) electrons. The molecule has 2 saturated carbocycles. The topological polar surface area (TPSA) is 3.24 Å². The summed E-state index contributed by atoms with van der Waals surface area (Å²) in [6.07, 6.45) is 5.65. The molecule has 6 aromatic carbocycles. The van der Waals surface area contributed by atoms with Gasteiger partial charge in [-0.2, -0.15) is 0 Å². The summed E-state index contributed by atoms with van der Waals surface area (Å²) in [5, 5.41) is 2.54. The van der Waals surface area contributed by atoms with E-state index in [4.69, 9.17) is 0 Å². The van der Waals surface area contributed by atoms with Crippen LogP contribution in [0.4, 0.5) is 17.1 Å². The van der Waals surface area contributed by atoms with Gasteiger partial charge in [0.25, 0.3) is 0 Å². The van der Waals surface area contributed by atoms with Crippen LogP contribution in [0, 0.1) is 18.8 Å². The summed E-state index contributed by atoms with van der Waals surface area (Å²) in [4.78, 5) is 2.52. The van der Waals surface area contributed by atoms with Crippen LogP contribution in [-0.2, 0) is 5.41 Å². The Morgan fingerprint density at radius 1 is 0.630 bits per heavy atom. The standard InChI is InChI=1S/C45H41N/c1-29-10-9-15-40-43(29)38-24-23-36(28-41(38)45(40,2)3)46(35-21-18-32(19-22-35)39-27-30-16-17-34(39)26-30)42-25-20-31-11-7-8-14-37(31)44(42)33-12-5-4-6-13-33/h4-15,18-25,28,30,34,39H,16-17,26-27H2,1-3H3. The van der Waals surface area contributed by atoms with Gasteiger partial charge in [-0.05, 0) is 124 Å². The van der Waals surface area contributed by atoms with Gasteiger partial charge in [0.05, 0.1) is 5.69 Å². The van der Waals surface area contributed by atoms with Crippen LogP contribution in [-0.4, -0.2) is 0 Å². The highest BCUT2D eigenvalue weighted by Gasteiger charge is 2.40. The zero-order valence-electron chi connectivity index (χ0n) is 27.1. The molecule has 6 aromatic rings. The Labute approximate surface area is 273 Å². The van der Waals surface area contributed by atoms with Crippen molar-refractivity contribution < 1.29 is 0 Å². The van der Waals surface area contributed by atoms with Crippen molar-refractivity contribution >= 4 is 27.8 Å². The molecular weight excluding hydrogens is 555 g/mol. The molecule has 2 fully saturated rings. The van der Waals surface area contributed by atoms with Crippen LogP contribution in [0.5, 0.6) is 0 Å². The van der Waals surface area contributed by atoms with Crippen LogP contribution >= 0.6 is 0 Å². The Kier molecular flexibility index (Phi) is 6.29. The molecule has 2 bridgehead atoms. The van der Waals surface area contributed by atoms with Crippen LogP contribution in [0.25, 0.3) is 33.0 Å². The van der Waals surface area contributed by atoms with Crippen molar-refractivity contribution in [2.75, 3.05) is 4.90 Å². The van der Waals surface area contributed by atoms with E-state index in [-0.39, 0.29) is 5.41 Å². The molecule has 0 spiro atoms. The van der Waals surface area contributed by atoms with Gasteiger partial charge in [-0.25, -0.2) is 0 Å². The third-order valence-corrected chi connectivity index (χ3v) is 11.7. The lowest BCUT2D eigenvalue weighted by atomic mass is 9.82. The molecule has 3 unspecified atom stereocenters. The molecule has 0 heterocycles. The first-order chi connectivity index (χ1) is 22.5. The van der Waals surface area contributed by atoms with Gasteiger partial charge in [-0.15, -0.1) is 0 Å². The second kappa shape index (κ2) is 10.5. The summed E-state index contributed by atoms with van der Waals surface area (Å²) in [5.74, 6) is 2.55. The lowest BCUT2D eigenvalue weighted by molar-refractivity contribution is 0.420. The SMILES string of the molecule is Cc1cccc2c1-c1ccc(N(c3ccc(C4CC5CCC4C5)cc3)c3ccc4ccccc4c3-c3ccccc3)cc1C2(C)C. The van der Waals surface area contributed by atoms with E-state index in [1.165, 1.54) is 98.0 Å². The van der Waals surface area contributed by atoms with Gasteiger partial charge in [0.15, 0.2) is 0 Å². The molecule has 0 aromatic heterocycles. The number of anilines is 3. The minimum Gasteiger partial charge on any atom is -0.310 e. The Morgan fingerprint density at radius 3 is 2.20 bits per heavy atom. The molecule has 3 aliphatic rings. The molecule has 3 aliphatic carbocycles. The Bertz CT molecular complexity index is 2100. The van der Waals surface area contributed by atoms with E-state index >= 15 is 0 Å². The van der Waals surface area contributed by atoms with Crippen molar-refractivity contribution in [2.45, 2.75) is 57.8 Å². The summed E-state index contributed by atoms with van der Waals surface area (Å²) in [5.41, 5.74) is 14.6. The van der Waals surface area contributed by atoms with Crippen LogP contribution < -0.4 is 4.90 Å². The van der Waals surface area contributed by atoms with Crippen molar-refractivity contribution in [1.82, 2.24) is 0 Å². The molecule has 9 rings (SSSR count). The largest absolute Gasteiger partial charge is 0.310 e. The molecule has 46 heavy (non-hydrogen) atoms. The lowest BCUT2D eigenvalue weighted by Crippen LogP contribution is -2.17. The second-order valence-corrected chi connectivity index (χ2v) is 14.6. The number of aryl methyl sites for hydroxylation is 1. The second-order valence-electron chi connectivity index (χ2n) is 14.6. The number of benzene rings is 6.